The molecule has 1 aromatic carbocycles. The van der Waals surface area contributed by atoms with Crippen molar-refractivity contribution in [1.82, 2.24) is 5.32 Å². The Morgan fingerprint density at radius 3 is 2.48 bits per heavy atom. The molecule has 0 aromatic heterocycles. The number of nitrogens with zero attached hydrogens (tertiary/aromatic N) is 2. The summed E-state index contributed by atoms with van der Waals surface area (Å²) in [5, 5.41) is 3.22. The van der Waals surface area contributed by atoms with Crippen LogP contribution in [0, 0.1) is 0 Å². The highest BCUT2D eigenvalue weighted by Gasteiger charge is 2.37. The quantitative estimate of drug-likeness (QED) is 0.713. The molecule has 2 aliphatic rings. The van der Waals surface area contributed by atoms with Crippen LogP contribution in [0.25, 0.3) is 0 Å². The van der Waals surface area contributed by atoms with Gasteiger partial charge in [0.15, 0.2) is 0 Å². The summed E-state index contributed by atoms with van der Waals surface area (Å²) in [6.07, 6.45) is 8.62. The third-order valence-electron chi connectivity index (χ3n) is 5.69. The van der Waals surface area contributed by atoms with Gasteiger partial charge in [-0.15, -0.1) is 0 Å². The number of hydrogen-bond acceptors (Lipinski definition) is 5. The van der Waals surface area contributed by atoms with Crippen molar-refractivity contribution in [3.8, 4) is 0 Å². The van der Waals surface area contributed by atoms with Crippen molar-refractivity contribution in [2.75, 3.05) is 7.05 Å². The zero-order valence-electron chi connectivity index (χ0n) is 16.5. The summed E-state index contributed by atoms with van der Waals surface area (Å²) in [4.78, 5) is 9.17. The number of nitrogens with one attached hydrogen (secondary N) is 1. The molecule has 1 heterocycles. The molecular formula is C22H31N5. The van der Waals surface area contributed by atoms with Gasteiger partial charge in [0, 0.05) is 18.3 Å². The first-order chi connectivity index (χ1) is 13.0. The van der Waals surface area contributed by atoms with Gasteiger partial charge < -0.3 is 11.5 Å². The van der Waals surface area contributed by atoms with Crippen LogP contribution in [0.15, 0.2) is 58.4 Å². The summed E-state index contributed by atoms with van der Waals surface area (Å²) < 4.78 is 0. The van der Waals surface area contributed by atoms with E-state index in [9.17, 15) is 0 Å². The van der Waals surface area contributed by atoms with E-state index in [1.54, 1.807) is 0 Å². The van der Waals surface area contributed by atoms with Gasteiger partial charge in [-0.25, -0.2) is 4.99 Å². The third kappa shape index (κ3) is 4.04. The first kappa shape index (κ1) is 19.5. The minimum Gasteiger partial charge on any atom is -0.400 e. The molecule has 0 amide bonds. The monoisotopic (exact) mass is 365 g/mol. The summed E-state index contributed by atoms with van der Waals surface area (Å²) in [7, 11) is 1.85. The Kier molecular flexibility index (Phi) is 5.92. The molecule has 1 aromatic rings. The van der Waals surface area contributed by atoms with E-state index in [2.05, 4.69) is 41.2 Å². The average molecular weight is 366 g/mol. The van der Waals surface area contributed by atoms with Gasteiger partial charge in [0.2, 0.25) is 0 Å². The van der Waals surface area contributed by atoms with E-state index < -0.39 is 5.66 Å². The number of aliphatic imine (C=N–C) groups is 2. The van der Waals surface area contributed by atoms with Crippen molar-refractivity contribution >= 4 is 11.4 Å². The molecule has 5 N–H and O–H groups in total. The minimum absolute atomic E-state index is 0.503. The fourth-order valence-corrected chi connectivity index (χ4v) is 4.12. The fraction of sp³-hybridized carbons (Fsp3) is 0.455. The van der Waals surface area contributed by atoms with Gasteiger partial charge in [0.25, 0.3) is 0 Å². The second-order valence-electron chi connectivity index (χ2n) is 7.61. The molecule has 0 spiro atoms. The van der Waals surface area contributed by atoms with E-state index in [0.29, 0.717) is 23.7 Å². The van der Waals surface area contributed by atoms with Gasteiger partial charge in [-0.05, 0) is 43.9 Å². The maximum atomic E-state index is 6.68. The number of nitrogens with two attached hydrogens (primary N) is 2. The fourth-order valence-electron chi connectivity index (χ4n) is 4.12. The highest BCUT2D eigenvalue weighted by atomic mass is 15.1. The Bertz CT molecular complexity index is 777. The molecule has 5 heteroatoms. The lowest BCUT2D eigenvalue weighted by atomic mass is 9.82. The summed E-state index contributed by atoms with van der Waals surface area (Å²) in [5.74, 6) is 0.682. The largest absolute Gasteiger partial charge is 0.400 e. The Morgan fingerprint density at radius 2 is 1.93 bits per heavy atom. The minimum atomic E-state index is -0.798. The molecular weight excluding hydrogens is 334 g/mol. The number of likely N-dealkylation sites (N-methyl/N-ethyl adjacent to an activating group) is 1. The Balaban J connectivity index is 1.99. The van der Waals surface area contributed by atoms with Crippen molar-refractivity contribution in [3.05, 3.63) is 59.6 Å². The summed E-state index contributed by atoms with van der Waals surface area (Å²) in [6.45, 7) is 5.53. The van der Waals surface area contributed by atoms with Crippen molar-refractivity contribution in [3.63, 3.8) is 0 Å². The first-order valence-corrected chi connectivity index (χ1v) is 9.80. The zero-order valence-corrected chi connectivity index (χ0v) is 16.5. The van der Waals surface area contributed by atoms with Crippen LogP contribution in [0.4, 0.5) is 0 Å². The van der Waals surface area contributed by atoms with Gasteiger partial charge >= 0.3 is 0 Å². The molecule has 1 aliphatic carbocycles. The number of rotatable bonds is 4. The topological polar surface area (TPSA) is 88.8 Å². The lowest BCUT2D eigenvalue weighted by Crippen LogP contribution is -2.61. The van der Waals surface area contributed by atoms with Gasteiger partial charge in [-0.1, -0.05) is 50.1 Å². The van der Waals surface area contributed by atoms with E-state index >= 15 is 0 Å². The first-order valence-electron chi connectivity index (χ1n) is 9.80. The average Bonchev–Trinajstić information content (AvgIpc) is 2.69. The molecule has 1 aliphatic heterocycles. The molecule has 1 atom stereocenters. The Morgan fingerprint density at radius 1 is 1.26 bits per heavy atom. The van der Waals surface area contributed by atoms with Gasteiger partial charge in [0.05, 0.1) is 11.4 Å². The third-order valence-corrected chi connectivity index (χ3v) is 5.69. The van der Waals surface area contributed by atoms with Gasteiger partial charge in [-0.3, -0.25) is 10.3 Å². The van der Waals surface area contributed by atoms with Gasteiger partial charge in [0.1, 0.15) is 11.4 Å². The van der Waals surface area contributed by atoms with E-state index in [4.69, 9.17) is 16.5 Å². The maximum Gasteiger partial charge on any atom is 0.116 e. The van der Waals surface area contributed by atoms with Crippen LogP contribution in [0.3, 0.4) is 0 Å². The Hall–Kier alpha value is -2.24. The highest BCUT2D eigenvalue weighted by Crippen LogP contribution is 2.33. The van der Waals surface area contributed by atoms with Crippen molar-refractivity contribution < 1.29 is 0 Å². The number of hydrogen-bond donors (Lipinski definition) is 3. The summed E-state index contributed by atoms with van der Waals surface area (Å²) in [5.41, 5.74) is 17.3. The molecule has 0 radical (unpaired) electrons. The molecule has 27 heavy (non-hydrogen) atoms. The van der Waals surface area contributed by atoms with Crippen LogP contribution in [0.5, 0.6) is 0 Å². The van der Waals surface area contributed by atoms with Crippen LogP contribution < -0.4 is 16.8 Å². The molecule has 1 saturated carbocycles. The smallest absolute Gasteiger partial charge is 0.116 e. The molecule has 1 unspecified atom stereocenters. The molecule has 144 valence electrons. The van der Waals surface area contributed by atoms with Crippen LogP contribution >= 0.6 is 0 Å². The second kappa shape index (κ2) is 8.19. The second-order valence-corrected chi connectivity index (χ2v) is 7.61. The van der Waals surface area contributed by atoms with Crippen LogP contribution in [0.1, 0.15) is 62.5 Å². The number of allylic oxidation sites excluding steroid dienone is 2. The summed E-state index contributed by atoms with van der Waals surface area (Å²) >= 11 is 0. The van der Waals surface area contributed by atoms with E-state index in [1.165, 1.54) is 43.9 Å². The van der Waals surface area contributed by atoms with Crippen LogP contribution in [-0.4, -0.2) is 24.1 Å². The zero-order chi connectivity index (χ0) is 19.4. The standard InChI is InChI=1S/C22H31N5/c1-4-26-19-14-22(24,25-3)21(27-20(19)15(2)23)18-12-10-17(11-13-18)16-8-6-5-7-9-16/h4,10-13,16,25H,1,5-9,14,23-24H2,2-3H3/b20-15-,26-19-. The van der Waals surface area contributed by atoms with Crippen LogP contribution in [0.2, 0.25) is 0 Å². The molecule has 0 bridgehead atoms. The van der Waals surface area contributed by atoms with E-state index in [0.717, 1.165) is 17.0 Å². The molecule has 1 fully saturated rings. The normalized spacial score (nSPS) is 27.4. The molecule has 0 saturated heterocycles. The van der Waals surface area contributed by atoms with Crippen molar-refractivity contribution in [2.45, 2.75) is 57.0 Å². The van der Waals surface area contributed by atoms with E-state index in [-0.39, 0.29) is 0 Å². The lowest BCUT2D eigenvalue weighted by molar-refractivity contribution is 0.443. The Labute approximate surface area is 162 Å². The molecule has 3 rings (SSSR count). The predicted molar refractivity (Wildman–Crippen MR) is 114 cm³/mol. The van der Waals surface area contributed by atoms with E-state index in [1.807, 2.05) is 14.0 Å². The van der Waals surface area contributed by atoms with Crippen molar-refractivity contribution in [1.29, 1.82) is 0 Å². The molecule has 5 nitrogen and oxygen atoms in total. The number of benzene rings is 1. The predicted octanol–water partition coefficient (Wildman–Crippen LogP) is 3.58. The maximum absolute atomic E-state index is 6.68. The van der Waals surface area contributed by atoms with Crippen LogP contribution in [-0.2, 0) is 0 Å². The SMILES string of the molecule is C=C/N=C1/CC(N)(NC)C(c2ccc(C3CCCCC3)cc2)=N/C1=C(/C)N. The lowest BCUT2D eigenvalue weighted by Gasteiger charge is -2.35. The summed E-state index contributed by atoms with van der Waals surface area (Å²) in [6, 6.07) is 8.74. The van der Waals surface area contributed by atoms with Crippen molar-refractivity contribution in [2.24, 2.45) is 21.5 Å². The van der Waals surface area contributed by atoms with Gasteiger partial charge in [-0.2, -0.15) is 0 Å². The highest BCUT2D eigenvalue weighted by molar-refractivity contribution is 6.17.